The van der Waals surface area contributed by atoms with E-state index in [-0.39, 0.29) is 0 Å². The molecule has 0 radical (unpaired) electrons. The lowest BCUT2D eigenvalue weighted by Gasteiger charge is -2.30. The molecule has 1 heterocycles. The van der Waals surface area contributed by atoms with Crippen molar-refractivity contribution in [2.24, 2.45) is 0 Å². The van der Waals surface area contributed by atoms with Gasteiger partial charge in [0.1, 0.15) is 0 Å². The standard InChI is InChI=1S/C10H5ClF6O3/c11-7(12)9(14,15)19-5-3-1-2-4-6(5)20-10(16,17)8(13)18-4/h1-3,7-8H. The molecule has 1 aliphatic rings. The molecule has 0 saturated carbocycles. The van der Waals surface area contributed by atoms with Gasteiger partial charge in [-0.05, 0) is 12.1 Å². The van der Waals surface area contributed by atoms with Gasteiger partial charge in [-0.25, -0.2) is 4.39 Å². The lowest BCUT2D eigenvalue weighted by atomic mass is 10.2. The van der Waals surface area contributed by atoms with Crippen molar-refractivity contribution in [3.63, 3.8) is 0 Å². The first kappa shape index (κ1) is 14.9. The fourth-order valence-corrected chi connectivity index (χ4v) is 1.37. The first-order valence-electron chi connectivity index (χ1n) is 4.99. The van der Waals surface area contributed by atoms with Crippen LogP contribution in [-0.2, 0) is 0 Å². The van der Waals surface area contributed by atoms with Gasteiger partial charge in [0.25, 0.3) is 5.63 Å². The summed E-state index contributed by atoms with van der Waals surface area (Å²) in [5.41, 5.74) is -3.22. The molecule has 10 heteroatoms. The van der Waals surface area contributed by atoms with Crippen LogP contribution in [0.15, 0.2) is 18.2 Å². The highest BCUT2D eigenvalue weighted by molar-refractivity contribution is 6.20. The van der Waals surface area contributed by atoms with E-state index in [4.69, 9.17) is 0 Å². The molecule has 20 heavy (non-hydrogen) atoms. The molecule has 1 aliphatic heterocycles. The van der Waals surface area contributed by atoms with E-state index in [1.54, 1.807) is 0 Å². The van der Waals surface area contributed by atoms with E-state index >= 15 is 0 Å². The molecular weight excluding hydrogens is 318 g/mol. The lowest BCUT2D eigenvalue weighted by Crippen LogP contribution is -2.43. The predicted molar refractivity (Wildman–Crippen MR) is 53.9 cm³/mol. The van der Waals surface area contributed by atoms with Crippen LogP contribution < -0.4 is 14.2 Å². The summed E-state index contributed by atoms with van der Waals surface area (Å²) >= 11 is 4.56. The number of benzene rings is 1. The summed E-state index contributed by atoms with van der Waals surface area (Å²) < 4.78 is 89.2. The molecule has 2 rings (SSSR count). The highest BCUT2D eigenvalue weighted by Crippen LogP contribution is 2.47. The molecule has 0 fully saturated rings. The molecule has 0 bridgehead atoms. The van der Waals surface area contributed by atoms with Gasteiger partial charge in [0.15, 0.2) is 11.5 Å². The summed E-state index contributed by atoms with van der Waals surface area (Å²) in [4.78, 5) is 0. The third-order valence-corrected chi connectivity index (χ3v) is 2.43. The molecule has 0 saturated heterocycles. The second-order valence-corrected chi connectivity index (χ2v) is 4.03. The molecule has 0 N–H and O–H groups in total. The number of fused-ring (bicyclic) bond motifs is 1. The van der Waals surface area contributed by atoms with Gasteiger partial charge < -0.3 is 14.2 Å². The van der Waals surface area contributed by atoms with Gasteiger partial charge in [-0.15, -0.1) is 0 Å². The fourth-order valence-electron chi connectivity index (χ4n) is 1.32. The van der Waals surface area contributed by atoms with E-state index in [1.165, 1.54) is 0 Å². The van der Waals surface area contributed by atoms with E-state index in [0.29, 0.717) is 0 Å². The minimum Gasteiger partial charge on any atom is -0.447 e. The van der Waals surface area contributed by atoms with Gasteiger partial charge in [0, 0.05) is 0 Å². The molecule has 0 aromatic heterocycles. The van der Waals surface area contributed by atoms with Crippen molar-refractivity contribution in [1.82, 2.24) is 0 Å². The molecule has 1 aromatic rings. The number of ether oxygens (including phenoxy) is 3. The zero-order valence-electron chi connectivity index (χ0n) is 9.26. The Kier molecular flexibility index (Phi) is 3.57. The zero-order valence-corrected chi connectivity index (χ0v) is 10.0. The number of alkyl halides is 7. The summed E-state index contributed by atoms with van der Waals surface area (Å²) in [6.07, 6.45) is -12.0. The van der Waals surface area contributed by atoms with E-state index in [9.17, 15) is 26.3 Å². The summed E-state index contributed by atoms with van der Waals surface area (Å²) in [6.45, 7) is 0. The van der Waals surface area contributed by atoms with E-state index in [0.717, 1.165) is 18.2 Å². The Balaban J connectivity index is 2.36. The summed E-state index contributed by atoms with van der Waals surface area (Å²) in [5, 5.41) is 0. The van der Waals surface area contributed by atoms with Gasteiger partial charge in [0.05, 0.1) is 0 Å². The average Bonchev–Trinajstić information content (AvgIpc) is 2.31. The summed E-state index contributed by atoms with van der Waals surface area (Å²) in [5.74, 6) is -2.55. The second kappa shape index (κ2) is 4.80. The Hall–Kier alpha value is -1.51. The molecule has 0 amide bonds. The van der Waals surface area contributed by atoms with Crippen LogP contribution in [0.2, 0.25) is 0 Å². The largest absolute Gasteiger partial charge is 0.468 e. The minimum absolute atomic E-state index is 0.596. The molecule has 0 aliphatic carbocycles. The van der Waals surface area contributed by atoms with Crippen LogP contribution in [0.4, 0.5) is 26.3 Å². The highest BCUT2D eigenvalue weighted by Gasteiger charge is 2.51. The average molecular weight is 323 g/mol. The Morgan fingerprint density at radius 2 is 2.00 bits per heavy atom. The third kappa shape index (κ3) is 2.67. The molecule has 112 valence electrons. The van der Waals surface area contributed by atoms with Crippen LogP contribution in [0.25, 0.3) is 0 Å². The van der Waals surface area contributed by atoms with Gasteiger partial charge in [-0.2, -0.15) is 22.0 Å². The van der Waals surface area contributed by atoms with Gasteiger partial charge in [-0.1, -0.05) is 17.7 Å². The molecule has 1 aromatic carbocycles. The molecule has 2 unspecified atom stereocenters. The smallest absolute Gasteiger partial charge is 0.447 e. The summed E-state index contributed by atoms with van der Waals surface area (Å²) in [7, 11) is 0. The van der Waals surface area contributed by atoms with E-state index in [2.05, 4.69) is 25.8 Å². The minimum atomic E-state index is -4.50. The normalized spacial score (nSPS) is 22.2. The van der Waals surface area contributed by atoms with Gasteiger partial charge >= 0.3 is 18.6 Å². The Bertz CT molecular complexity index is 510. The molecular formula is C10H5ClF6O3. The molecule has 0 spiro atoms. The van der Waals surface area contributed by atoms with Crippen LogP contribution >= 0.6 is 11.6 Å². The maximum atomic E-state index is 13.0. The Labute approximate surface area is 113 Å². The van der Waals surface area contributed by atoms with Crippen LogP contribution in [-0.4, -0.2) is 24.2 Å². The number of halogens is 7. The van der Waals surface area contributed by atoms with Gasteiger partial charge in [0.2, 0.25) is 5.75 Å². The predicted octanol–water partition coefficient (Wildman–Crippen LogP) is 3.85. The van der Waals surface area contributed by atoms with Crippen molar-refractivity contribution in [2.45, 2.75) is 24.2 Å². The Morgan fingerprint density at radius 1 is 1.35 bits per heavy atom. The molecule has 2 atom stereocenters. The maximum absolute atomic E-state index is 13.0. The number of rotatable bonds is 3. The van der Waals surface area contributed by atoms with Crippen molar-refractivity contribution in [3.05, 3.63) is 18.2 Å². The van der Waals surface area contributed by atoms with Crippen molar-refractivity contribution in [1.29, 1.82) is 0 Å². The third-order valence-electron chi connectivity index (χ3n) is 2.18. The van der Waals surface area contributed by atoms with Crippen molar-refractivity contribution < 1.29 is 40.6 Å². The van der Waals surface area contributed by atoms with Crippen molar-refractivity contribution in [2.75, 3.05) is 0 Å². The topological polar surface area (TPSA) is 27.7 Å². The van der Waals surface area contributed by atoms with E-state index < -0.39 is 41.5 Å². The number of para-hydroxylation sites is 1. The van der Waals surface area contributed by atoms with Crippen molar-refractivity contribution in [3.8, 4) is 17.2 Å². The highest BCUT2D eigenvalue weighted by atomic mass is 35.5. The second-order valence-electron chi connectivity index (χ2n) is 3.65. The quantitative estimate of drug-likeness (QED) is 0.625. The maximum Gasteiger partial charge on any atom is 0.468 e. The summed E-state index contributed by atoms with van der Waals surface area (Å²) in [6, 6.07) is 2.80. The SMILES string of the molecule is FC(Cl)C(F)(F)Oc1cccc2c1OC(F)(F)C(F)O2. The molecule has 3 nitrogen and oxygen atoms in total. The van der Waals surface area contributed by atoms with Crippen molar-refractivity contribution >= 4 is 11.6 Å². The first-order valence-corrected chi connectivity index (χ1v) is 5.42. The zero-order chi connectivity index (χ0) is 15.1. The number of hydrogen-bond acceptors (Lipinski definition) is 3. The van der Waals surface area contributed by atoms with Crippen LogP contribution in [0, 0.1) is 0 Å². The van der Waals surface area contributed by atoms with E-state index in [1.807, 2.05) is 0 Å². The first-order chi connectivity index (χ1) is 9.13. The van der Waals surface area contributed by atoms with Crippen LogP contribution in [0.1, 0.15) is 0 Å². The van der Waals surface area contributed by atoms with Gasteiger partial charge in [-0.3, -0.25) is 0 Å². The van der Waals surface area contributed by atoms with Crippen LogP contribution in [0.5, 0.6) is 17.2 Å². The lowest BCUT2D eigenvalue weighted by molar-refractivity contribution is -0.283. The van der Waals surface area contributed by atoms with Crippen LogP contribution in [0.3, 0.4) is 0 Å². The monoisotopic (exact) mass is 322 g/mol. The fraction of sp³-hybridized carbons (Fsp3) is 0.400. The number of hydrogen-bond donors (Lipinski definition) is 0. The Morgan fingerprint density at radius 3 is 2.60 bits per heavy atom.